The second kappa shape index (κ2) is 3.68. The van der Waals surface area contributed by atoms with Crippen molar-refractivity contribution in [2.24, 2.45) is 0 Å². The maximum Gasteiger partial charge on any atom is 0.102 e. The van der Waals surface area contributed by atoms with Crippen LogP contribution in [0, 0.1) is 0 Å². The number of hydrogen-bond donors (Lipinski definition) is 0. The highest BCUT2D eigenvalue weighted by Gasteiger charge is 2.38. The summed E-state index contributed by atoms with van der Waals surface area (Å²) in [5.41, 5.74) is 0. The van der Waals surface area contributed by atoms with Crippen LogP contribution in [0.15, 0.2) is 22.1 Å². The van der Waals surface area contributed by atoms with Gasteiger partial charge in [0.25, 0.3) is 0 Å². The van der Waals surface area contributed by atoms with Crippen LogP contribution in [0.2, 0.25) is 0 Å². The Labute approximate surface area is 102 Å². The minimum absolute atomic E-state index is 0.505. The summed E-state index contributed by atoms with van der Waals surface area (Å²) in [6, 6.07) is 1.34. The topological polar surface area (TPSA) is 16.1 Å². The molecular formula is C11H13BrN2S. The van der Waals surface area contributed by atoms with Gasteiger partial charge in [-0.25, -0.2) is 4.98 Å². The number of aromatic nitrogens is 1. The van der Waals surface area contributed by atoms with Gasteiger partial charge in [-0.05, 0) is 35.8 Å². The predicted molar refractivity (Wildman–Crippen MR) is 66.3 cm³/mol. The zero-order valence-corrected chi connectivity index (χ0v) is 11.0. The molecule has 15 heavy (non-hydrogen) atoms. The van der Waals surface area contributed by atoms with E-state index in [1.54, 1.807) is 11.3 Å². The van der Waals surface area contributed by atoms with E-state index >= 15 is 0 Å². The summed E-state index contributed by atoms with van der Waals surface area (Å²) in [6.45, 7) is 0. The smallest absolute Gasteiger partial charge is 0.102 e. The molecule has 3 unspecified atom stereocenters. The first kappa shape index (κ1) is 10.00. The van der Waals surface area contributed by atoms with Crippen LogP contribution in [0.25, 0.3) is 0 Å². The van der Waals surface area contributed by atoms with E-state index in [1.165, 1.54) is 17.8 Å². The summed E-state index contributed by atoms with van der Waals surface area (Å²) < 4.78 is 1.13. The Morgan fingerprint density at radius 3 is 3.07 bits per heavy atom. The fourth-order valence-electron chi connectivity index (χ4n) is 2.70. The van der Waals surface area contributed by atoms with Gasteiger partial charge in [-0.2, -0.15) is 0 Å². The Morgan fingerprint density at radius 2 is 2.33 bits per heavy atom. The van der Waals surface area contributed by atoms with Crippen LogP contribution in [0.1, 0.15) is 23.8 Å². The van der Waals surface area contributed by atoms with Gasteiger partial charge in [0.1, 0.15) is 5.01 Å². The molecule has 3 atom stereocenters. The summed E-state index contributed by atoms with van der Waals surface area (Å²) in [4.78, 5) is 6.98. The monoisotopic (exact) mass is 284 g/mol. The first-order valence-corrected chi connectivity index (χ1v) is 6.88. The standard InChI is InChI=1S/C11H13BrN2S/c1-14-7-2-4-8(9(14)5-3-7)11-13-6-10(12)15-11/h2,4,6-9H,3,5H2,1H3. The van der Waals surface area contributed by atoms with Gasteiger partial charge in [0.15, 0.2) is 0 Å². The van der Waals surface area contributed by atoms with Crippen molar-refractivity contribution in [1.82, 2.24) is 9.88 Å². The highest BCUT2D eigenvalue weighted by molar-refractivity contribution is 9.11. The number of halogens is 1. The lowest BCUT2D eigenvalue weighted by Crippen LogP contribution is -2.37. The highest BCUT2D eigenvalue weighted by atomic mass is 79.9. The van der Waals surface area contributed by atoms with Gasteiger partial charge < -0.3 is 0 Å². The molecule has 80 valence electrons. The summed E-state index contributed by atoms with van der Waals surface area (Å²) in [5.74, 6) is 0.505. The molecule has 1 aromatic heterocycles. The number of hydrogen-bond acceptors (Lipinski definition) is 3. The minimum atomic E-state index is 0.505. The van der Waals surface area contributed by atoms with Gasteiger partial charge in [0.05, 0.1) is 9.98 Å². The van der Waals surface area contributed by atoms with Crippen LogP contribution in [0.5, 0.6) is 0 Å². The average Bonchev–Trinajstić information content (AvgIpc) is 2.72. The number of fused-ring (bicyclic) bond motifs is 2. The van der Waals surface area contributed by atoms with Gasteiger partial charge in [-0.3, -0.25) is 4.90 Å². The number of thiazole rings is 1. The lowest BCUT2D eigenvalue weighted by molar-refractivity contribution is 0.241. The molecule has 2 aliphatic rings. The molecule has 3 rings (SSSR count). The zero-order valence-electron chi connectivity index (χ0n) is 8.56. The highest BCUT2D eigenvalue weighted by Crippen LogP contribution is 2.40. The quantitative estimate of drug-likeness (QED) is 0.737. The Bertz CT molecular complexity index is 401. The Balaban J connectivity index is 1.94. The van der Waals surface area contributed by atoms with Crippen LogP contribution in [0.3, 0.4) is 0 Å². The fourth-order valence-corrected chi connectivity index (χ4v) is 4.09. The van der Waals surface area contributed by atoms with Gasteiger partial charge in [0, 0.05) is 18.0 Å². The van der Waals surface area contributed by atoms with E-state index in [-0.39, 0.29) is 0 Å². The molecule has 0 radical (unpaired) electrons. The van der Waals surface area contributed by atoms with E-state index < -0.39 is 0 Å². The molecule has 0 aromatic carbocycles. The Morgan fingerprint density at radius 1 is 1.47 bits per heavy atom. The lowest BCUT2D eigenvalue weighted by atomic mass is 9.97. The van der Waals surface area contributed by atoms with E-state index in [0.717, 1.165) is 3.79 Å². The second-order valence-corrected chi connectivity index (χ2v) is 6.73. The SMILES string of the molecule is CN1C2C=CC(c3ncc(Br)s3)C1CC2. The van der Waals surface area contributed by atoms with Gasteiger partial charge >= 0.3 is 0 Å². The molecule has 0 saturated carbocycles. The van der Waals surface area contributed by atoms with Crippen LogP contribution >= 0.6 is 27.3 Å². The molecule has 3 heterocycles. The zero-order chi connectivity index (χ0) is 10.4. The van der Waals surface area contributed by atoms with Crippen molar-refractivity contribution in [3.63, 3.8) is 0 Å². The molecule has 0 amide bonds. The van der Waals surface area contributed by atoms with Crippen molar-refractivity contribution in [3.05, 3.63) is 27.1 Å². The normalized spacial score (nSPS) is 34.9. The third-order valence-corrected chi connectivity index (χ3v) is 5.12. The predicted octanol–water partition coefficient (Wildman–Crippen LogP) is 3.02. The van der Waals surface area contributed by atoms with E-state index in [1.807, 2.05) is 6.20 Å². The summed E-state index contributed by atoms with van der Waals surface area (Å²) in [5, 5.41) is 1.25. The summed E-state index contributed by atoms with van der Waals surface area (Å²) >= 11 is 5.25. The van der Waals surface area contributed by atoms with Crippen LogP contribution in [-0.4, -0.2) is 29.0 Å². The Kier molecular flexibility index (Phi) is 2.45. The molecule has 1 fully saturated rings. The maximum absolute atomic E-state index is 4.48. The largest absolute Gasteiger partial charge is 0.296 e. The molecule has 0 aliphatic carbocycles. The molecule has 2 nitrogen and oxygen atoms in total. The molecule has 1 aromatic rings. The second-order valence-electron chi connectivity index (χ2n) is 4.29. The van der Waals surface area contributed by atoms with E-state index in [2.05, 4.69) is 45.0 Å². The molecule has 4 heteroatoms. The first-order chi connectivity index (χ1) is 7.25. The lowest BCUT2D eigenvalue weighted by Gasteiger charge is -2.32. The minimum Gasteiger partial charge on any atom is -0.296 e. The van der Waals surface area contributed by atoms with Gasteiger partial charge in [-0.1, -0.05) is 12.2 Å². The first-order valence-electron chi connectivity index (χ1n) is 5.27. The molecule has 2 bridgehead atoms. The van der Waals surface area contributed by atoms with Gasteiger partial charge in [-0.15, -0.1) is 11.3 Å². The molecular weight excluding hydrogens is 272 g/mol. The van der Waals surface area contributed by atoms with Crippen LogP contribution in [0.4, 0.5) is 0 Å². The van der Waals surface area contributed by atoms with Crippen molar-refractivity contribution in [2.75, 3.05) is 7.05 Å². The van der Waals surface area contributed by atoms with Crippen molar-refractivity contribution in [1.29, 1.82) is 0 Å². The van der Waals surface area contributed by atoms with Crippen molar-refractivity contribution >= 4 is 27.3 Å². The molecule has 0 N–H and O–H groups in total. The van der Waals surface area contributed by atoms with E-state index in [9.17, 15) is 0 Å². The van der Waals surface area contributed by atoms with E-state index in [4.69, 9.17) is 0 Å². The number of nitrogens with zero attached hydrogens (tertiary/aromatic N) is 2. The average molecular weight is 285 g/mol. The third kappa shape index (κ3) is 1.59. The molecule has 1 saturated heterocycles. The molecule has 2 aliphatic heterocycles. The third-order valence-electron chi connectivity index (χ3n) is 3.54. The molecule has 0 spiro atoms. The Hall–Kier alpha value is -0.190. The maximum atomic E-state index is 4.48. The summed E-state index contributed by atoms with van der Waals surface area (Å²) in [6.07, 6.45) is 9.22. The van der Waals surface area contributed by atoms with Gasteiger partial charge in [0.2, 0.25) is 0 Å². The van der Waals surface area contributed by atoms with Crippen LogP contribution in [-0.2, 0) is 0 Å². The summed E-state index contributed by atoms with van der Waals surface area (Å²) in [7, 11) is 2.24. The van der Waals surface area contributed by atoms with Crippen molar-refractivity contribution in [2.45, 2.75) is 30.8 Å². The number of rotatable bonds is 1. The van der Waals surface area contributed by atoms with Crippen molar-refractivity contribution in [3.8, 4) is 0 Å². The van der Waals surface area contributed by atoms with Crippen LogP contribution < -0.4 is 0 Å². The number of likely N-dealkylation sites (N-methyl/N-ethyl adjacent to an activating group) is 1. The fraction of sp³-hybridized carbons (Fsp3) is 0.545. The van der Waals surface area contributed by atoms with E-state index in [0.29, 0.717) is 18.0 Å². The van der Waals surface area contributed by atoms with Crippen molar-refractivity contribution < 1.29 is 0 Å².